The number of hydrogen-bond donors (Lipinski definition) is 2. The molecule has 0 saturated heterocycles. The van der Waals surface area contributed by atoms with E-state index >= 15 is 0 Å². The van der Waals surface area contributed by atoms with E-state index in [1.807, 2.05) is 0 Å². The Kier molecular flexibility index (Phi) is 4.43. The fourth-order valence-corrected chi connectivity index (χ4v) is 3.14. The highest BCUT2D eigenvalue weighted by atomic mass is 32.2. The lowest BCUT2D eigenvalue weighted by Gasteiger charge is -2.15. The third-order valence-electron chi connectivity index (χ3n) is 3.07. The zero-order chi connectivity index (χ0) is 14.9. The Hall–Kier alpha value is -1.02. The molecule has 0 aliphatic heterocycles. The van der Waals surface area contributed by atoms with Crippen molar-refractivity contribution in [2.45, 2.75) is 37.2 Å². The predicted octanol–water partition coefficient (Wildman–Crippen LogP) is 1.14. The lowest BCUT2D eigenvalue weighted by atomic mass is 10.1. The molecule has 1 aromatic carbocycles. The summed E-state index contributed by atoms with van der Waals surface area (Å²) in [4.78, 5) is 2.43. The normalized spacial score (nSPS) is 15.8. The van der Waals surface area contributed by atoms with Gasteiger partial charge in [0.1, 0.15) is 5.82 Å². The largest absolute Gasteiger partial charge is 0.310 e. The first-order valence-electron chi connectivity index (χ1n) is 6.52. The van der Waals surface area contributed by atoms with Crippen LogP contribution in [-0.4, -0.2) is 33.6 Å². The van der Waals surface area contributed by atoms with Crippen LogP contribution in [0.4, 0.5) is 4.39 Å². The van der Waals surface area contributed by atoms with E-state index in [0.29, 0.717) is 23.7 Å². The molecule has 112 valence electrons. The number of halogens is 1. The minimum Gasteiger partial charge on any atom is -0.310 e. The van der Waals surface area contributed by atoms with Crippen LogP contribution in [0.15, 0.2) is 17.0 Å². The number of rotatable bonds is 6. The molecule has 0 bridgehead atoms. The van der Waals surface area contributed by atoms with Gasteiger partial charge in [0, 0.05) is 32.2 Å². The molecule has 1 aliphatic carbocycles. The van der Waals surface area contributed by atoms with Crippen LogP contribution in [0.5, 0.6) is 0 Å². The van der Waals surface area contributed by atoms with E-state index in [1.54, 1.807) is 21.0 Å². The number of nitrogens with one attached hydrogen (secondary N) is 2. The summed E-state index contributed by atoms with van der Waals surface area (Å²) in [7, 11) is -0.489. The number of sulfonamides is 1. The number of aryl methyl sites for hydroxylation is 1. The molecule has 0 aromatic heterocycles. The van der Waals surface area contributed by atoms with Gasteiger partial charge in [-0.05, 0) is 37.5 Å². The highest BCUT2D eigenvalue weighted by Crippen LogP contribution is 2.22. The smallest absolute Gasteiger partial charge is 0.253 e. The minimum absolute atomic E-state index is 0.0812. The number of hydrogen-bond acceptors (Lipinski definition) is 4. The molecule has 0 radical (unpaired) electrons. The molecule has 20 heavy (non-hydrogen) atoms. The lowest BCUT2D eigenvalue weighted by molar-refractivity contribution is 0.364. The van der Waals surface area contributed by atoms with Gasteiger partial charge >= 0.3 is 0 Å². The Morgan fingerprint density at radius 3 is 2.55 bits per heavy atom. The summed E-state index contributed by atoms with van der Waals surface area (Å²) in [5, 5.41) is 4.54. The second-order valence-corrected chi connectivity index (χ2v) is 7.02. The lowest BCUT2D eigenvalue weighted by Crippen LogP contribution is -2.36. The first-order valence-corrected chi connectivity index (χ1v) is 8.00. The molecule has 0 heterocycles. The van der Waals surface area contributed by atoms with Crippen molar-refractivity contribution in [2.24, 2.45) is 0 Å². The van der Waals surface area contributed by atoms with E-state index in [4.69, 9.17) is 0 Å². The molecule has 5 nitrogen and oxygen atoms in total. The molecule has 1 aromatic rings. The zero-order valence-corrected chi connectivity index (χ0v) is 12.7. The fourth-order valence-electron chi connectivity index (χ4n) is 1.93. The Balaban J connectivity index is 2.29. The van der Waals surface area contributed by atoms with Gasteiger partial charge in [0.05, 0.1) is 4.90 Å². The molecule has 1 fully saturated rings. The molecule has 0 unspecified atom stereocenters. The predicted molar refractivity (Wildman–Crippen MR) is 75.0 cm³/mol. The van der Waals surface area contributed by atoms with Gasteiger partial charge in [0.15, 0.2) is 0 Å². The minimum atomic E-state index is -3.66. The number of benzene rings is 1. The average Bonchev–Trinajstić information content (AvgIpc) is 3.13. The highest BCUT2D eigenvalue weighted by molar-refractivity contribution is 7.89. The van der Waals surface area contributed by atoms with Crippen LogP contribution in [0.2, 0.25) is 0 Å². The summed E-state index contributed by atoms with van der Waals surface area (Å²) in [6, 6.07) is 3.18. The maximum Gasteiger partial charge on any atom is 0.253 e. The van der Waals surface area contributed by atoms with Gasteiger partial charge in [-0.25, -0.2) is 17.8 Å². The van der Waals surface area contributed by atoms with Crippen LogP contribution in [0.3, 0.4) is 0 Å². The molecular formula is C13H20FN3O2S. The van der Waals surface area contributed by atoms with Crippen LogP contribution < -0.4 is 10.1 Å². The second kappa shape index (κ2) is 5.77. The van der Waals surface area contributed by atoms with Gasteiger partial charge in [-0.15, -0.1) is 4.83 Å². The molecule has 0 amide bonds. The van der Waals surface area contributed by atoms with E-state index < -0.39 is 10.0 Å². The van der Waals surface area contributed by atoms with Gasteiger partial charge in [-0.1, -0.05) is 0 Å². The monoisotopic (exact) mass is 301 g/mol. The SMILES string of the molecule is Cc1cc(S(=O)(=O)NN(C)C)cc(CNC2CC2)c1F. The van der Waals surface area contributed by atoms with Crippen molar-refractivity contribution < 1.29 is 12.8 Å². The van der Waals surface area contributed by atoms with Crippen LogP contribution >= 0.6 is 0 Å². The Bertz CT molecular complexity index is 598. The van der Waals surface area contributed by atoms with Crippen molar-refractivity contribution in [1.82, 2.24) is 15.2 Å². The fraction of sp³-hybridized carbons (Fsp3) is 0.538. The van der Waals surface area contributed by atoms with Gasteiger partial charge in [0.25, 0.3) is 10.0 Å². The summed E-state index contributed by atoms with van der Waals surface area (Å²) in [5.74, 6) is -0.345. The molecule has 1 aliphatic rings. The van der Waals surface area contributed by atoms with Gasteiger partial charge in [-0.3, -0.25) is 0 Å². The molecule has 2 rings (SSSR count). The Morgan fingerprint density at radius 2 is 2.00 bits per heavy atom. The summed E-state index contributed by atoms with van der Waals surface area (Å²) in [5.41, 5.74) is 0.718. The molecule has 0 atom stereocenters. The molecule has 7 heteroatoms. The van der Waals surface area contributed by atoms with Crippen molar-refractivity contribution >= 4 is 10.0 Å². The van der Waals surface area contributed by atoms with E-state index in [-0.39, 0.29) is 10.7 Å². The summed E-state index contributed by atoms with van der Waals surface area (Å²) < 4.78 is 38.3. The van der Waals surface area contributed by atoms with Crippen LogP contribution in [-0.2, 0) is 16.6 Å². The highest BCUT2D eigenvalue weighted by Gasteiger charge is 2.22. The standard InChI is InChI=1S/C13H20FN3O2S/c1-9-6-12(20(18,19)16-17(2)3)7-10(13(9)14)8-15-11-4-5-11/h6-7,11,15-16H,4-5,8H2,1-3H3. The summed E-state index contributed by atoms with van der Waals surface area (Å²) in [6.07, 6.45) is 2.20. The number of hydrazine groups is 1. The summed E-state index contributed by atoms with van der Waals surface area (Å²) >= 11 is 0. The first-order chi connectivity index (χ1) is 9.29. The van der Waals surface area contributed by atoms with Crippen molar-refractivity contribution in [1.29, 1.82) is 0 Å². The number of nitrogens with zero attached hydrogens (tertiary/aromatic N) is 1. The second-order valence-electron chi connectivity index (χ2n) is 5.36. The topological polar surface area (TPSA) is 61.4 Å². The van der Waals surface area contributed by atoms with Gasteiger partial charge in [-0.2, -0.15) is 0 Å². The van der Waals surface area contributed by atoms with E-state index in [9.17, 15) is 12.8 Å². The molecule has 1 saturated carbocycles. The summed E-state index contributed by atoms with van der Waals surface area (Å²) in [6.45, 7) is 1.92. The van der Waals surface area contributed by atoms with Crippen molar-refractivity contribution in [3.8, 4) is 0 Å². The average molecular weight is 301 g/mol. The van der Waals surface area contributed by atoms with Crippen molar-refractivity contribution in [2.75, 3.05) is 14.1 Å². The third kappa shape index (κ3) is 3.76. The van der Waals surface area contributed by atoms with E-state index in [1.165, 1.54) is 17.1 Å². The third-order valence-corrected chi connectivity index (χ3v) is 4.54. The maximum atomic E-state index is 14.0. The van der Waals surface area contributed by atoms with Crippen molar-refractivity contribution in [3.63, 3.8) is 0 Å². The van der Waals surface area contributed by atoms with Crippen LogP contribution in [0, 0.1) is 12.7 Å². The van der Waals surface area contributed by atoms with Crippen LogP contribution in [0.1, 0.15) is 24.0 Å². The molecule has 0 spiro atoms. The van der Waals surface area contributed by atoms with Crippen molar-refractivity contribution in [3.05, 3.63) is 29.1 Å². The Labute approximate surface area is 119 Å². The van der Waals surface area contributed by atoms with Crippen LogP contribution in [0.25, 0.3) is 0 Å². The van der Waals surface area contributed by atoms with E-state index in [2.05, 4.69) is 10.1 Å². The first kappa shape index (κ1) is 15.4. The van der Waals surface area contributed by atoms with Gasteiger partial charge < -0.3 is 5.32 Å². The van der Waals surface area contributed by atoms with Gasteiger partial charge in [0.2, 0.25) is 0 Å². The maximum absolute atomic E-state index is 14.0. The van der Waals surface area contributed by atoms with E-state index in [0.717, 1.165) is 12.8 Å². The zero-order valence-electron chi connectivity index (χ0n) is 11.9. The molecule has 2 N–H and O–H groups in total. The quantitative estimate of drug-likeness (QED) is 0.774. The molecular weight excluding hydrogens is 281 g/mol. The Morgan fingerprint density at radius 1 is 1.35 bits per heavy atom.